The molecule has 1 N–H and O–H groups in total. The van der Waals surface area contributed by atoms with Crippen molar-refractivity contribution in [1.82, 2.24) is 9.78 Å². The average Bonchev–Trinajstić information content (AvgIpc) is 2.43. The molecule has 1 aliphatic carbocycles. The summed E-state index contributed by atoms with van der Waals surface area (Å²) in [6.45, 7) is 8.07. The average molecular weight is 356 g/mol. The Morgan fingerprint density at radius 3 is 2.90 bits per heavy atom. The first-order chi connectivity index (χ1) is 9.97. The van der Waals surface area contributed by atoms with Gasteiger partial charge in [0.15, 0.2) is 0 Å². The fraction of sp³-hybridized carbons (Fsp3) is 0.750. The van der Waals surface area contributed by atoms with Crippen molar-refractivity contribution < 1.29 is 0 Å². The normalized spacial score (nSPS) is 22.5. The van der Waals surface area contributed by atoms with Crippen molar-refractivity contribution >= 4 is 21.6 Å². The van der Waals surface area contributed by atoms with Crippen molar-refractivity contribution in [2.45, 2.75) is 53.0 Å². The fourth-order valence-corrected chi connectivity index (χ4v) is 3.51. The van der Waals surface area contributed by atoms with Gasteiger partial charge in [-0.05, 0) is 46.5 Å². The van der Waals surface area contributed by atoms with Crippen molar-refractivity contribution in [3.63, 3.8) is 0 Å². The second-order valence-electron chi connectivity index (χ2n) is 6.77. The van der Waals surface area contributed by atoms with Gasteiger partial charge in [-0.15, -0.1) is 0 Å². The topological polar surface area (TPSA) is 46.9 Å². The predicted molar refractivity (Wildman–Crippen MR) is 90.6 cm³/mol. The summed E-state index contributed by atoms with van der Waals surface area (Å²) in [7, 11) is 0. The maximum atomic E-state index is 12.2. The Morgan fingerprint density at radius 1 is 1.48 bits per heavy atom. The van der Waals surface area contributed by atoms with Crippen LogP contribution in [0.2, 0.25) is 0 Å². The summed E-state index contributed by atoms with van der Waals surface area (Å²) in [4.78, 5) is 12.2. The van der Waals surface area contributed by atoms with Crippen LogP contribution < -0.4 is 10.9 Å². The third kappa shape index (κ3) is 4.56. The standard InChI is InChI=1S/C16H26BrN3O/c1-11(2)10-20-16(21)15(17)14(9-19-20)18-8-13-6-4-5-12(3)7-13/h9,11-13,18H,4-8,10H2,1-3H3. The van der Waals surface area contributed by atoms with Gasteiger partial charge in [-0.2, -0.15) is 5.10 Å². The molecule has 1 fully saturated rings. The molecule has 5 heteroatoms. The van der Waals surface area contributed by atoms with Crippen molar-refractivity contribution in [3.05, 3.63) is 21.0 Å². The molecule has 0 spiro atoms. The van der Waals surface area contributed by atoms with Crippen LogP contribution in [0.4, 0.5) is 5.69 Å². The number of aromatic nitrogens is 2. The van der Waals surface area contributed by atoms with Crippen LogP contribution in [0.25, 0.3) is 0 Å². The number of halogens is 1. The molecule has 0 aliphatic heterocycles. The first kappa shape index (κ1) is 16.5. The molecule has 0 bridgehead atoms. The zero-order valence-corrected chi connectivity index (χ0v) is 14.8. The van der Waals surface area contributed by atoms with E-state index in [0.717, 1.165) is 18.2 Å². The van der Waals surface area contributed by atoms with Crippen LogP contribution >= 0.6 is 15.9 Å². The maximum Gasteiger partial charge on any atom is 0.283 e. The zero-order chi connectivity index (χ0) is 15.4. The number of nitrogens with one attached hydrogen (secondary N) is 1. The van der Waals surface area contributed by atoms with E-state index >= 15 is 0 Å². The number of rotatable bonds is 5. The van der Waals surface area contributed by atoms with Crippen LogP contribution in [0.5, 0.6) is 0 Å². The van der Waals surface area contributed by atoms with Gasteiger partial charge in [-0.3, -0.25) is 4.79 Å². The third-order valence-electron chi connectivity index (χ3n) is 4.15. The van der Waals surface area contributed by atoms with Gasteiger partial charge in [0, 0.05) is 13.1 Å². The largest absolute Gasteiger partial charge is 0.382 e. The first-order valence-electron chi connectivity index (χ1n) is 7.96. The first-order valence-corrected chi connectivity index (χ1v) is 8.76. The second kappa shape index (κ2) is 7.43. The van der Waals surface area contributed by atoms with E-state index in [-0.39, 0.29) is 5.56 Å². The third-order valence-corrected chi connectivity index (χ3v) is 4.92. The van der Waals surface area contributed by atoms with Crippen LogP contribution in [0.1, 0.15) is 46.5 Å². The highest BCUT2D eigenvalue weighted by Gasteiger charge is 2.19. The number of hydrogen-bond acceptors (Lipinski definition) is 3. The molecule has 4 nitrogen and oxygen atoms in total. The monoisotopic (exact) mass is 355 g/mol. The van der Waals surface area contributed by atoms with Crippen molar-refractivity contribution in [3.8, 4) is 0 Å². The zero-order valence-electron chi connectivity index (χ0n) is 13.2. The minimum atomic E-state index is -0.0503. The SMILES string of the molecule is CC(C)Cn1ncc(NCC2CCCC(C)C2)c(Br)c1=O. The molecule has 0 aromatic carbocycles. The van der Waals surface area contributed by atoms with Gasteiger partial charge in [0.05, 0.1) is 11.9 Å². The van der Waals surface area contributed by atoms with Gasteiger partial charge in [-0.25, -0.2) is 4.68 Å². The molecule has 2 atom stereocenters. The van der Waals surface area contributed by atoms with Crippen LogP contribution in [0.3, 0.4) is 0 Å². The molecule has 1 aliphatic rings. The van der Waals surface area contributed by atoms with Gasteiger partial charge >= 0.3 is 0 Å². The lowest BCUT2D eigenvalue weighted by Crippen LogP contribution is -2.27. The molecule has 0 amide bonds. The lowest BCUT2D eigenvalue weighted by molar-refractivity contribution is 0.293. The summed E-state index contributed by atoms with van der Waals surface area (Å²) >= 11 is 3.42. The Morgan fingerprint density at radius 2 is 2.24 bits per heavy atom. The molecule has 0 saturated heterocycles. The van der Waals surface area contributed by atoms with Crippen LogP contribution in [0, 0.1) is 17.8 Å². The molecular weight excluding hydrogens is 330 g/mol. The highest BCUT2D eigenvalue weighted by molar-refractivity contribution is 9.10. The van der Waals surface area contributed by atoms with Crippen LogP contribution in [-0.2, 0) is 6.54 Å². The van der Waals surface area contributed by atoms with E-state index in [4.69, 9.17) is 0 Å². The molecule has 1 aromatic heterocycles. The molecule has 0 radical (unpaired) electrons. The predicted octanol–water partition coefficient (Wildman–Crippen LogP) is 3.90. The second-order valence-corrected chi connectivity index (χ2v) is 7.57. The Bertz CT molecular complexity index is 527. The Balaban J connectivity index is 2.00. The summed E-state index contributed by atoms with van der Waals surface area (Å²) in [6.07, 6.45) is 7.01. The van der Waals surface area contributed by atoms with E-state index in [2.05, 4.69) is 47.1 Å². The highest BCUT2D eigenvalue weighted by Crippen LogP contribution is 2.29. The lowest BCUT2D eigenvalue weighted by atomic mass is 9.82. The number of anilines is 1. The molecule has 2 unspecified atom stereocenters. The summed E-state index contributed by atoms with van der Waals surface area (Å²) in [6, 6.07) is 0. The van der Waals surface area contributed by atoms with Gasteiger partial charge in [0.1, 0.15) is 4.47 Å². The van der Waals surface area contributed by atoms with E-state index in [1.165, 1.54) is 30.4 Å². The van der Waals surface area contributed by atoms with E-state index in [1.807, 2.05) is 0 Å². The highest BCUT2D eigenvalue weighted by atomic mass is 79.9. The van der Waals surface area contributed by atoms with Gasteiger partial charge in [0.2, 0.25) is 0 Å². The van der Waals surface area contributed by atoms with Crippen LogP contribution in [0.15, 0.2) is 15.5 Å². The van der Waals surface area contributed by atoms with Gasteiger partial charge in [-0.1, -0.05) is 33.6 Å². The lowest BCUT2D eigenvalue weighted by Gasteiger charge is -2.27. The quantitative estimate of drug-likeness (QED) is 0.870. The molecule has 118 valence electrons. The maximum absolute atomic E-state index is 12.2. The summed E-state index contributed by atoms with van der Waals surface area (Å²) < 4.78 is 2.13. The van der Waals surface area contributed by atoms with Crippen molar-refractivity contribution in [2.24, 2.45) is 17.8 Å². The van der Waals surface area contributed by atoms with Crippen molar-refractivity contribution in [2.75, 3.05) is 11.9 Å². The van der Waals surface area contributed by atoms with Gasteiger partial charge in [0.25, 0.3) is 5.56 Å². The molecular formula is C16H26BrN3O. The Labute approximate surface area is 135 Å². The van der Waals surface area contributed by atoms with E-state index < -0.39 is 0 Å². The van der Waals surface area contributed by atoms with E-state index in [9.17, 15) is 4.79 Å². The summed E-state index contributed by atoms with van der Waals surface area (Å²) in [5.74, 6) is 1.94. The fourth-order valence-electron chi connectivity index (χ4n) is 3.06. The summed E-state index contributed by atoms with van der Waals surface area (Å²) in [5, 5.41) is 7.67. The van der Waals surface area contributed by atoms with E-state index in [1.54, 1.807) is 6.20 Å². The molecule has 21 heavy (non-hydrogen) atoms. The summed E-state index contributed by atoms with van der Waals surface area (Å²) in [5.41, 5.74) is 0.768. The molecule has 1 saturated carbocycles. The Kier molecular flexibility index (Phi) is 5.85. The smallest absolute Gasteiger partial charge is 0.283 e. The molecule has 1 aromatic rings. The van der Waals surface area contributed by atoms with Crippen molar-refractivity contribution in [1.29, 1.82) is 0 Å². The number of hydrogen-bond donors (Lipinski definition) is 1. The van der Waals surface area contributed by atoms with E-state index in [0.29, 0.717) is 22.9 Å². The minimum Gasteiger partial charge on any atom is -0.382 e. The Hall–Kier alpha value is -0.840. The van der Waals surface area contributed by atoms with Crippen LogP contribution in [-0.4, -0.2) is 16.3 Å². The number of nitrogens with zero attached hydrogens (tertiary/aromatic N) is 2. The molecule has 1 heterocycles. The minimum absolute atomic E-state index is 0.0503. The molecule has 2 rings (SSSR count). The van der Waals surface area contributed by atoms with Gasteiger partial charge < -0.3 is 5.32 Å².